The number of nitrogens with zero attached hydrogens (tertiary/aromatic N) is 4. The zero-order valence-corrected chi connectivity index (χ0v) is 20.0. The molecule has 1 saturated carbocycles. The zero-order valence-electron chi connectivity index (χ0n) is 19.3. The topological polar surface area (TPSA) is 70.2 Å². The molecule has 0 radical (unpaired) electrons. The van der Waals surface area contributed by atoms with Crippen molar-refractivity contribution in [1.29, 1.82) is 0 Å². The Morgan fingerprint density at radius 2 is 1.85 bits per heavy atom. The van der Waals surface area contributed by atoms with Crippen LogP contribution in [0.2, 0.25) is 5.02 Å². The number of fused-ring (bicyclic) bond motifs is 3. The molecule has 33 heavy (non-hydrogen) atoms. The summed E-state index contributed by atoms with van der Waals surface area (Å²) in [5, 5.41) is 20.6. The Hall–Kier alpha value is -2.70. The Balaban J connectivity index is 1.46. The van der Waals surface area contributed by atoms with Crippen LogP contribution in [-0.2, 0) is 6.67 Å². The molecule has 5 rings (SSSR count). The minimum Gasteiger partial charge on any atom is -0.493 e. The summed E-state index contributed by atoms with van der Waals surface area (Å²) in [5.74, 6) is -0.443. The monoisotopic (exact) mass is 464 g/mol. The molecule has 172 valence electrons. The van der Waals surface area contributed by atoms with Crippen molar-refractivity contribution >= 4 is 34.1 Å². The van der Waals surface area contributed by atoms with Crippen molar-refractivity contribution in [3.63, 3.8) is 0 Å². The van der Waals surface area contributed by atoms with Gasteiger partial charge in [-0.2, -0.15) is 0 Å². The summed E-state index contributed by atoms with van der Waals surface area (Å²) in [6, 6.07) is 14.7. The molecule has 1 saturated heterocycles. The van der Waals surface area contributed by atoms with Gasteiger partial charge in [0.1, 0.15) is 0 Å². The largest absolute Gasteiger partial charge is 0.493 e. The van der Waals surface area contributed by atoms with Crippen LogP contribution in [0.3, 0.4) is 0 Å². The maximum atomic E-state index is 12.5. The van der Waals surface area contributed by atoms with Crippen LogP contribution in [0.25, 0.3) is 10.9 Å². The quantitative estimate of drug-likeness (QED) is 0.432. The number of para-hydroxylation sites is 1. The molecule has 7 heteroatoms. The van der Waals surface area contributed by atoms with Crippen molar-refractivity contribution in [1.82, 2.24) is 9.47 Å². The molecule has 2 aliphatic rings. The van der Waals surface area contributed by atoms with Crippen molar-refractivity contribution in [2.24, 2.45) is 21.1 Å². The molecule has 1 aliphatic carbocycles. The van der Waals surface area contributed by atoms with E-state index in [-0.39, 0.29) is 5.88 Å². The van der Waals surface area contributed by atoms with Gasteiger partial charge >= 0.3 is 0 Å². The average Bonchev–Trinajstić information content (AvgIpc) is 3.15. The van der Waals surface area contributed by atoms with Crippen LogP contribution in [0.5, 0.6) is 5.88 Å². The molecule has 2 fully saturated rings. The Morgan fingerprint density at radius 1 is 1.12 bits per heavy atom. The molecular formula is C26H29ClN4O2. The van der Waals surface area contributed by atoms with E-state index in [1.807, 2.05) is 28.8 Å². The molecule has 1 unspecified atom stereocenters. The van der Waals surface area contributed by atoms with Gasteiger partial charge in [0.05, 0.1) is 12.2 Å². The lowest BCUT2D eigenvalue weighted by Crippen LogP contribution is -2.35. The van der Waals surface area contributed by atoms with E-state index in [0.29, 0.717) is 39.8 Å². The van der Waals surface area contributed by atoms with E-state index in [1.54, 1.807) is 24.3 Å². The summed E-state index contributed by atoms with van der Waals surface area (Å²) < 4.78 is 1.90. The van der Waals surface area contributed by atoms with Gasteiger partial charge in [-0.15, -0.1) is 10.2 Å². The summed E-state index contributed by atoms with van der Waals surface area (Å²) in [7, 11) is 0. The predicted molar refractivity (Wildman–Crippen MR) is 130 cm³/mol. The lowest BCUT2D eigenvalue weighted by atomic mass is 9.65. The zero-order chi connectivity index (χ0) is 23.4. The van der Waals surface area contributed by atoms with Gasteiger partial charge in [-0.3, -0.25) is 14.3 Å². The number of amides is 1. The average molecular weight is 465 g/mol. The number of carbonyl (C=O) groups is 1. The first-order chi connectivity index (χ1) is 15.6. The van der Waals surface area contributed by atoms with Gasteiger partial charge in [-0.25, -0.2) is 0 Å². The van der Waals surface area contributed by atoms with Gasteiger partial charge in [-0.05, 0) is 60.4 Å². The van der Waals surface area contributed by atoms with Crippen molar-refractivity contribution in [3.8, 4) is 5.88 Å². The Bertz CT molecular complexity index is 1250. The molecule has 1 aromatic heterocycles. The number of aromatic nitrogens is 1. The number of hydrogen-bond donors (Lipinski definition) is 1. The number of rotatable bonds is 4. The molecule has 1 aliphatic heterocycles. The highest BCUT2D eigenvalue weighted by Gasteiger charge is 2.49. The van der Waals surface area contributed by atoms with Crippen LogP contribution in [0.1, 0.15) is 50.4 Å². The van der Waals surface area contributed by atoms with Crippen LogP contribution in [0, 0.1) is 10.8 Å². The summed E-state index contributed by atoms with van der Waals surface area (Å²) >= 11 is 5.90. The molecule has 2 heterocycles. The molecule has 1 amide bonds. The highest BCUT2D eigenvalue weighted by Crippen LogP contribution is 2.53. The number of hydrogen-bond acceptors (Lipinski definition) is 4. The molecule has 3 aromatic rings. The molecule has 2 bridgehead atoms. The van der Waals surface area contributed by atoms with Crippen LogP contribution < -0.4 is 0 Å². The highest BCUT2D eigenvalue weighted by molar-refractivity contribution is 6.30. The molecule has 1 N–H and O–H groups in total. The Labute approximate surface area is 198 Å². The van der Waals surface area contributed by atoms with E-state index < -0.39 is 5.91 Å². The SMILES string of the molecule is CC1(C)CC2C[C@@](C)(CN2Cn2c(O)c(N=NC(=O)c3ccc(Cl)cc3)c3ccccc32)C1. The fraction of sp³-hybridized carbons (Fsp3) is 0.423. The van der Waals surface area contributed by atoms with Gasteiger partial charge < -0.3 is 5.11 Å². The molecule has 2 atom stereocenters. The summed E-state index contributed by atoms with van der Waals surface area (Å²) in [4.78, 5) is 15.0. The van der Waals surface area contributed by atoms with Gasteiger partial charge in [-0.1, -0.05) is 50.6 Å². The lowest BCUT2D eigenvalue weighted by molar-refractivity contribution is 0.0995. The standard InChI is InChI=1S/C26H29ClN4O2/c1-25(2)12-19-13-26(3,14-25)15-30(19)16-31-21-7-5-4-6-20(21)22(24(31)33)28-29-23(32)17-8-10-18(27)11-9-17/h4-11,19,33H,12-16H2,1-3H3/t19?,26-/m1/s1. The van der Waals surface area contributed by atoms with E-state index in [4.69, 9.17) is 11.6 Å². The molecule has 0 spiro atoms. The summed E-state index contributed by atoms with van der Waals surface area (Å²) in [6.07, 6.45) is 3.57. The summed E-state index contributed by atoms with van der Waals surface area (Å²) in [5.41, 5.74) is 2.23. The molecule has 6 nitrogen and oxygen atoms in total. The third-order valence-corrected chi connectivity index (χ3v) is 7.35. The fourth-order valence-electron chi connectivity index (χ4n) is 6.18. The van der Waals surface area contributed by atoms with Crippen LogP contribution in [-0.4, -0.2) is 33.1 Å². The first-order valence-corrected chi connectivity index (χ1v) is 11.8. The molecular weight excluding hydrogens is 436 g/mol. The van der Waals surface area contributed by atoms with Crippen LogP contribution in [0.4, 0.5) is 5.69 Å². The number of halogens is 1. The highest BCUT2D eigenvalue weighted by atomic mass is 35.5. The number of benzene rings is 2. The second kappa shape index (κ2) is 7.96. The molecule has 2 aromatic carbocycles. The van der Waals surface area contributed by atoms with Gasteiger partial charge in [0.25, 0.3) is 5.91 Å². The number of azo groups is 1. The van der Waals surface area contributed by atoms with Gasteiger partial charge in [0, 0.05) is 28.6 Å². The smallest absolute Gasteiger partial charge is 0.295 e. The first kappa shape index (κ1) is 22.1. The second-order valence-corrected chi connectivity index (χ2v) is 11.2. The van der Waals surface area contributed by atoms with Crippen molar-refractivity contribution in [2.45, 2.75) is 52.7 Å². The van der Waals surface area contributed by atoms with E-state index in [9.17, 15) is 9.90 Å². The number of likely N-dealkylation sites (tertiary alicyclic amines) is 1. The first-order valence-electron chi connectivity index (χ1n) is 11.4. The minimum atomic E-state index is -0.480. The van der Waals surface area contributed by atoms with Crippen molar-refractivity contribution in [3.05, 3.63) is 59.1 Å². The van der Waals surface area contributed by atoms with E-state index >= 15 is 0 Å². The number of aromatic hydroxyl groups is 1. The predicted octanol–water partition coefficient (Wildman–Crippen LogP) is 6.78. The number of carbonyl (C=O) groups excluding carboxylic acids is 1. The fourth-order valence-corrected chi connectivity index (χ4v) is 6.31. The maximum absolute atomic E-state index is 12.5. The lowest BCUT2D eigenvalue weighted by Gasteiger charge is -2.40. The van der Waals surface area contributed by atoms with Crippen LogP contribution >= 0.6 is 11.6 Å². The van der Waals surface area contributed by atoms with Gasteiger partial charge in [0.15, 0.2) is 5.69 Å². The third-order valence-electron chi connectivity index (χ3n) is 7.10. The van der Waals surface area contributed by atoms with Crippen molar-refractivity contribution in [2.75, 3.05) is 6.54 Å². The van der Waals surface area contributed by atoms with E-state index in [0.717, 1.165) is 23.9 Å². The van der Waals surface area contributed by atoms with E-state index in [1.165, 1.54) is 12.8 Å². The Kier molecular flexibility index (Phi) is 5.33. The second-order valence-electron chi connectivity index (χ2n) is 10.7. The minimum absolute atomic E-state index is 0.0368. The normalized spacial score (nSPS) is 24.7. The van der Waals surface area contributed by atoms with Gasteiger partial charge in [0.2, 0.25) is 5.88 Å². The van der Waals surface area contributed by atoms with Crippen LogP contribution in [0.15, 0.2) is 58.8 Å². The third kappa shape index (κ3) is 4.18. The maximum Gasteiger partial charge on any atom is 0.295 e. The van der Waals surface area contributed by atoms with Crippen molar-refractivity contribution < 1.29 is 9.90 Å². The van der Waals surface area contributed by atoms with E-state index in [2.05, 4.69) is 35.9 Å². The Morgan fingerprint density at radius 3 is 2.61 bits per heavy atom. The summed E-state index contributed by atoms with van der Waals surface area (Å²) in [6.45, 7) is 8.71.